The molecule has 1 amide bonds. The van der Waals surface area contributed by atoms with Crippen molar-refractivity contribution in [3.63, 3.8) is 0 Å². The number of carbonyl (C=O) groups is 1. The van der Waals surface area contributed by atoms with Crippen LogP contribution in [0, 0.1) is 10.1 Å². The van der Waals surface area contributed by atoms with Crippen molar-refractivity contribution in [2.24, 2.45) is 0 Å². The van der Waals surface area contributed by atoms with Gasteiger partial charge in [-0.25, -0.2) is 4.98 Å². The number of amides is 1. The lowest BCUT2D eigenvalue weighted by molar-refractivity contribution is -0.385. The molecular formula is C12H19N5O4. The molecule has 0 fully saturated rings. The Bertz CT molecular complexity index is 527. The molecular weight excluding hydrogens is 278 g/mol. The van der Waals surface area contributed by atoms with Crippen LogP contribution in [0.5, 0.6) is 5.88 Å². The Morgan fingerprint density at radius 2 is 2.10 bits per heavy atom. The minimum Gasteiger partial charge on any atom is -0.476 e. The Hall–Kier alpha value is -2.45. The van der Waals surface area contributed by atoms with Gasteiger partial charge in [-0.3, -0.25) is 14.9 Å². The second-order valence-electron chi connectivity index (χ2n) is 5.31. The molecule has 0 spiro atoms. The fourth-order valence-corrected chi connectivity index (χ4v) is 1.58. The van der Waals surface area contributed by atoms with Crippen LogP contribution in [0.2, 0.25) is 0 Å². The summed E-state index contributed by atoms with van der Waals surface area (Å²) in [6.45, 7) is 5.83. The average molecular weight is 297 g/mol. The van der Waals surface area contributed by atoms with Crippen LogP contribution in [0.25, 0.3) is 0 Å². The van der Waals surface area contributed by atoms with Gasteiger partial charge in [-0.05, 0) is 20.8 Å². The van der Waals surface area contributed by atoms with Crippen LogP contribution in [-0.2, 0) is 4.79 Å². The first-order valence-corrected chi connectivity index (χ1v) is 6.33. The van der Waals surface area contributed by atoms with Crippen molar-refractivity contribution >= 4 is 17.4 Å². The minimum absolute atomic E-state index is 0.0235. The van der Waals surface area contributed by atoms with E-state index in [0.29, 0.717) is 0 Å². The van der Waals surface area contributed by atoms with E-state index in [1.165, 1.54) is 7.11 Å². The highest BCUT2D eigenvalue weighted by Gasteiger charge is 2.23. The molecule has 1 aromatic heterocycles. The van der Waals surface area contributed by atoms with E-state index in [1.54, 1.807) is 0 Å². The second-order valence-corrected chi connectivity index (χ2v) is 5.31. The van der Waals surface area contributed by atoms with Gasteiger partial charge in [-0.1, -0.05) is 0 Å². The maximum Gasteiger partial charge on any atom is 0.372 e. The number of hydrogen-bond donors (Lipinski definition) is 2. The van der Waals surface area contributed by atoms with Crippen molar-refractivity contribution in [1.82, 2.24) is 15.3 Å². The van der Waals surface area contributed by atoms with Crippen LogP contribution in [0.15, 0.2) is 6.33 Å². The lowest BCUT2D eigenvalue weighted by Gasteiger charge is -2.20. The molecule has 1 rings (SSSR count). The fraction of sp³-hybridized carbons (Fsp3) is 0.583. The third-order valence-electron chi connectivity index (χ3n) is 2.32. The summed E-state index contributed by atoms with van der Waals surface area (Å²) in [4.78, 5) is 29.5. The van der Waals surface area contributed by atoms with Crippen LogP contribution >= 0.6 is 0 Å². The topological polar surface area (TPSA) is 119 Å². The zero-order chi connectivity index (χ0) is 16.0. The zero-order valence-electron chi connectivity index (χ0n) is 12.5. The molecule has 9 nitrogen and oxygen atoms in total. The maximum absolute atomic E-state index is 11.6. The summed E-state index contributed by atoms with van der Waals surface area (Å²) in [7, 11) is 1.29. The molecule has 0 aliphatic rings. The Morgan fingerprint density at radius 1 is 1.43 bits per heavy atom. The van der Waals surface area contributed by atoms with Gasteiger partial charge >= 0.3 is 5.69 Å². The fourth-order valence-electron chi connectivity index (χ4n) is 1.58. The van der Waals surface area contributed by atoms with Gasteiger partial charge in [-0.15, -0.1) is 0 Å². The van der Waals surface area contributed by atoms with Gasteiger partial charge in [-0.2, -0.15) is 4.98 Å². The molecule has 0 radical (unpaired) electrons. The van der Waals surface area contributed by atoms with Crippen LogP contribution < -0.4 is 15.4 Å². The summed E-state index contributed by atoms with van der Waals surface area (Å²) in [5.74, 6) is -0.259. The summed E-state index contributed by atoms with van der Waals surface area (Å²) in [5, 5.41) is 16.6. The van der Waals surface area contributed by atoms with Crippen molar-refractivity contribution in [3.05, 3.63) is 16.4 Å². The van der Waals surface area contributed by atoms with Crippen LogP contribution in [-0.4, -0.2) is 40.0 Å². The normalized spacial score (nSPS) is 10.9. The predicted molar refractivity (Wildman–Crippen MR) is 76.2 cm³/mol. The molecule has 0 aliphatic heterocycles. The van der Waals surface area contributed by atoms with Gasteiger partial charge < -0.3 is 15.4 Å². The Morgan fingerprint density at radius 3 is 2.62 bits per heavy atom. The smallest absolute Gasteiger partial charge is 0.372 e. The highest BCUT2D eigenvalue weighted by Crippen LogP contribution is 2.30. The monoisotopic (exact) mass is 297 g/mol. The van der Waals surface area contributed by atoms with Crippen LogP contribution in [0.1, 0.15) is 27.2 Å². The number of carbonyl (C=O) groups excluding carboxylic acids is 1. The van der Waals surface area contributed by atoms with Gasteiger partial charge in [0.05, 0.1) is 12.0 Å². The molecule has 116 valence electrons. The van der Waals surface area contributed by atoms with Crippen molar-refractivity contribution in [3.8, 4) is 5.88 Å². The zero-order valence-corrected chi connectivity index (χ0v) is 12.5. The number of rotatable bonds is 6. The molecule has 0 bridgehead atoms. The number of nitro groups is 1. The molecule has 0 aromatic carbocycles. The second kappa shape index (κ2) is 6.82. The minimum atomic E-state index is -0.629. The van der Waals surface area contributed by atoms with E-state index < -0.39 is 4.92 Å². The molecule has 2 N–H and O–H groups in total. The van der Waals surface area contributed by atoms with E-state index in [2.05, 4.69) is 20.6 Å². The average Bonchev–Trinajstić information content (AvgIpc) is 2.35. The molecule has 0 atom stereocenters. The summed E-state index contributed by atoms with van der Waals surface area (Å²) >= 11 is 0. The molecule has 0 saturated heterocycles. The number of anilines is 1. The van der Waals surface area contributed by atoms with Crippen LogP contribution in [0.4, 0.5) is 11.5 Å². The summed E-state index contributed by atoms with van der Waals surface area (Å²) in [5.41, 5.74) is -0.669. The van der Waals surface area contributed by atoms with E-state index >= 15 is 0 Å². The van der Waals surface area contributed by atoms with Crippen molar-refractivity contribution in [2.75, 3.05) is 19.0 Å². The van der Waals surface area contributed by atoms with Gasteiger partial charge in [0, 0.05) is 18.5 Å². The largest absolute Gasteiger partial charge is 0.476 e. The first-order chi connectivity index (χ1) is 9.74. The molecule has 0 unspecified atom stereocenters. The number of ether oxygens (including phenoxy) is 1. The van der Waals surface area contributed by atoms with Gasteiger partial charge in [0.25, 0.3) is 5.88 Å². The third kappa shape index (κ3) is 5.21. The van der Waals surface area contributed by atoms with Crippen molar-refractivity contribution in [2.45, 2.75) is 32.7 Å². The number of nitrogens with zero attached hydrogens (tertiary/aromatic N) is 3. The van der Waals surface area contributed by atoms with E-state index in [1.807, 2.05) is 20.8 Å². The van der Waals surface area contributed by atoms with E-state index in [0.717, 1.165) is 6.33 Å². The first kappa shape index (κ1) is 16.6. The number of methoxy groups -OCH3 is 1. The lowest BCUT2D eigenvalue weighted by atomic mass is 10.1. The molecule has 0 aliphatic carbocycles. The standard InChI is InChI=1S/C12H19N5O4/c1-12(2,3)16-8(18)5-6-13-10-9(17(19)20)11(21-4)15-7-14-10/h7H,5-6H2,1-4H3,(H,16,18)(H,13,14,15). The summed E-state index contributed by atoms with van der Waals surface area (Å²) < 4.78 is 4.83. The quantitative estimate of drug-likeness (QED) is 0.596. The molecule has 1 aromatic rings. The number of nitrogens with one attached hydrogen (secondary N) is 2. The molecule has 21 heavy (non-hydrogen) atoms. The summed E-state index contributed by atoms with van der Waals surface area (Å²) in [6.07, 6.45) is 1.32. The highest BCUT2D eigenvalue weighted by molar-refractivity contribution is 5.77. The van der Waals surface area contributed by atoms with Crippen molar-refractivity contribution in [1.29, 1.82) is 0 Å². The third-order valence-corrected chi connectivity index (χ3v) is 2.32. The Kier molecular flexibility index (Phi) is 5.39. The predicted octanol–water partition coefficient (Wildman–Crippen LogP) is 1.11. The highest BCUT2D eigenvalue weighted by atomic mass is 16.6. The molecule has 9 heteroatoms. The van der Waals surface area contributed by atoms with Gasteiger partial charge in [0.2, 0.25) is 11.7 Å². The number of aromatic nitrogens is 2. The lowest BCUT2D eigenvalue weighted by Crippen LogP contribution is -2.41. The van der Waals surface area contributed by atoms with E-state index in [-0.39, 0.29) is 41.8 Å². The van der Waals surface area contributed by atoms with E-state index in [4.69, 9.17) is 4.74 Å². The van der Waals surface area contributed by atoms with Crippen LogP contribution in [0.3, 0.4) is 0 Å². The Labute approximate surface area is 122 Å². The first-order valence-electron chi connectivity index (χ1n) is 6.33. The van der Waals surface area contributed by atoms with Gasteiger partial charge in [0.1, 0.15) is 6.33 Å². The Balaban J connectivity index is 2.68. The SMILES string of the molecule is COc1ncnc(NCCC(=O)NC(C)(C)C)c1[N+](=O)[O-]. The van der Waals surface area contributed by atoms with Crippen molar-refractivity contribution < 1.29 is 14.5 Å². The van der Waals surface area contributed by atoms with Gasteiger partial charge in [0.15, 0.2) is 0 Å². The molecule has 1 heterocycles. The number of hydrogen-bond acceptors (Lipinski definition) is 7. The van der Waals surface area contributed by atoms with E-state index in [9.17, 15) is 14.9 Å². The molecule has 0 saturated carbocycles. The maximum atomic E-state index is 11.6. The summed E-state index contributed by atoms with van der Waals surface area (Å²) in [6, 6.07) is 0.